The Labute approximate surface area is 108 Å². The zero-order valence-electron chi connectivity index (χ0n) is 9.38. The SMILES string of the molecule is O=C(NCCCCCO)c1cccc(F)c1Br. The van der Waals surface area contributed by atoms with Crippen molar-refractivity contribution >= 4 is 21.8 Å². The van der Waals surface area contributed by atoms with Gasteiger partial charge in [0.1, 0.15) is 5.82 Å². The quantitative estimate of drug-likeness (QED) is 0.793. The van der Waals surface area contributed by atoms with Crippen LogP contribution in [-0.2, 0) is 0 Å². The number of hydrogen-bond donors (Lipinski definition) is 2. The first-order valence-corrected chi connectivity index (χ1v) is 6.29. The molecule has 0 spiro atoms. The predicted molar refractivity (Wildman–Crippen MR) is 67.4 cm³/mol. The number of rotatable bonds is 6. The Hall–Kier alpha value is -0.940. The number of aliphatic hydroxyl groups is 1. The summed E-state index contributed by atoms with van der Waals surface area (Å²) in [4.78, 5) is 11.7. The van der Waals surface area contributed by atoms with Crippen molar-refractivity contribution in [2.45, 2.75) is 19.3 Å². The zero-order chi connectivity index (χ0) is 12.7. The van der Waals surface area contributed by atoms with Crippen LogP contribution in [0, 0.1) is 5.82 Å². The second-order valence-electron chi connectivity index (χ2n) is 3.64. The summed E-state index contributed by atoms with van der Waals surface area (Å²) in [5.74, 6) is -0.738. The van der Waals surface area contributed by atoms with E-state index in [2.05, 4.69) is 21.2 Å². The second-order valence-corrected chi connectivity index (χ2v) is 4.43. The fourth-order valence-electron chi connectivity index (χ4n) is 1.39. The largest absolute Gasteiger partial charge is 0.396 e. The van der Waals surface area contributed by atoms with Gasteiger partial charge in [-0.3, -0.25) is 4.79 Å². The topological polar surface area (TPSA) is 49.3 Å². The Kier molecular flexibility index (Phi) is 6.15. The van der Waals surface area contributed by atoms with Gasteiger partial charge in [0.05, 0.1) is 10.0 Å². The number of amides is 1. The molecular formula is C12H15BrFNO2. The fourth-order valence-corrected chi connectivity index (χ4v) is 1.83. The lowest BCUT2D eigenvalue weighted by molar-refractivity contribution is 0.0951. The molecule has 1 aromatic carbocycles. The number of hydrogen-bond acceptors (Lipinski definition) is 2. The average molecular weight is 304 g/mol. The molecule has 0 aliphatic rings. The van der Waals surface area contributed by atoms with E-state index in [1.54, 1.807) is 6.07 Å². The molecule has 5 heteroatoms. The first-order chi connectivity index (χ1) is 8.16. The normalized spacial score (nSPS) is 10.3. The smallest absolute Gasteiger partial charge is 0.252 e. The third kappa shape index (κ3) is 4.44. The van der Waals surface area contributed by atoms with Crippen molar-refractivity contribution < 1.29 is 14.3 Å². The number of benzene rings is 1. The highest BCUT2D eigenvalue weighted by molar-refractivity contribution is 9.10. The minimum Gasteiger partial charge on any atom is -0.396 e. The maximum atomic E-state index is 13.2. The van der Waals surface area contributed by atoms with E-state index in [-0.39, 0.29) is 17.0 Å². The molecule has 1 aromatic rings. The van der Waals surface area contributed by atoms with E-state index in [1.165, 1.54) is 12.1 Å². The molecule has 94 valence electrons. The Balaban J connectivity index is 2.44. The fraction of sp³-hybridized carbons (Fsp3) is 0.417. The molecule has 0 fully saturated rings. The number of carbonyl (C=O) groups excluding carboxylic acids is 1. The first kappa shape index (κ1) is 14.1. The van der Waals surface area contributed by atoms with Crippen LogP contribution in [0.2, 0.25) is 0 Å². The van der Waals surface area contributed by atoms with Gasteiger partial charge in [-0.15, -0.1) is 0 Å². The van der Waals surface area contributed by atoms with E-state index in [1.807, 2.05) is 0 Å². The molecule has 0 atom stereocenters. The van der Waals surface area contributed by atoms with Crippen molar-refractivity contribution in [1.29, 1.82) is 0 Å². The van der Waals surface area contributed by atoms with Crippen LogP contribution in [0.1, 0.15) is 29.6 Å². The van der Waals surface area contributed by atoms with E-state index < -0.39 is 5.82 Å². The minimum absolute atomic E-state index is 0.170. The third-order valence-electron chi connectivity index (χ3n) is 2.32. The van der Waals surface area contributed by atoms with Gasteiger partial charge in [0.15, 0.2) is 0 Å². The van der Waals surface area contributed by atoms with Gasteiger partial charge in [0.25, 0.3) is 5.91 Å². The van der Waals surface area contributed by atoms with Crippen molar-refractivity contribution in [2.75, 3.05) is 13.2 Å². The lowest BCUT2D eigenvalue weighted by Gasteiger charge is -2.07. The minimum atomic E-state index is -0.446. The van der Waals surface area contributed by atoms with Gasteiger partial charge < -0.3 is 10.4 Å². The van der Waals surface area contributed by atoms with Crippen LogP contribution in [0.15, 0.2) is 22.7 Å². The summed E-state index contributed by atoms with van der Waals surface area (Å²) in [7, 11) is 0. The molecule has 0 saturated carbocycles. The Morgan fingerprint density at radius 2 is 2.12 bits per heavy atom. The van der Waals surface area contributed by atoms with E-state index in [0.29, 0.717) is 12.1 Å². The number of unbranched alkanes of at least 4 members (excludes halogenated alkanes) is 2. The van der Waals surface area contributed by atoms with Crippen LogP contribution in [-0.4, -0.2) is 24.2 Å². The van der Waals surface area contributed by atoms with Gasteiger partial charge in [-0.2, -0.15) is 0 Å². The highest BCUT2D eigenvalue weighted by Crippen LogP contribution is 2.20. The number of nitrogens with one attached hydrogen (secondary N) is 1. The monoisotopic (exact) mass is 303 g/mol. The summed E-state index contributed by atoms with van der Waals surface area (Å²) < 4.78 is 13.4. The van der Waals surface area contributed by atoms with Gasteiger partial charge in [-0.05, 0) is 47.3 Å². The molecule has 0 aliphatic carbocycles. The van der Waals surface area contributed by atoms with Crippen LogP contribution >= 0.6 is 15.9 Å². The number of halogens is 2. The average Bonchev–Trinajstić information content (AvgIpc) is 2.32. The van der Waals surface area contributed by atoms with Crippen molar-refractivity contribution in [1.82, 2.24) is 5.32 Å². The van der Waals surface area contributed by atoms with Gasteiger partial charge >= 0.3 is 0 Å². The van der Waals surface area contributed by atoms with Crippen LogP contribution < -0.4 is 5.32 Å². The lowest BCUT2D eigenvalue weighted by Crippen LogP contribution is -2.25. The first-order valence-electron chi connectivity index (χ1n) is 5.50. The highest BCUT2D eigenvalue weighted by Gasteiger charge is 2.11. The van der Waals surface area contributed by atoms with Crippen LogP contribution in [0.3, 0.4) is 0 Å². The molecular weight excluding hydrogens is 289 g/mol. The highest BCUT2D eigenvalue weighted by atomic mass is 79.9. The molecule has 0 aliphatic heterocycles. The van der Waals surface area contributed by atoms with Crippen molar-refractivity contribution in [3.8, 4) is 0 Å². The van der Waals surface area contributed by atoms with Crippen LogP contribution in [0.5, 0.6) is 0 Å². The van der Waals surface area contributed by atoms with Crippen LogP contribution in [0.4, 0.5) is 4.39 Å². The molecule has 1 rings (SSSR count). The molecule has 0 radical (unpaired) electrons. The van der Waals surface area contributed by atoms with Gasteiger partial charge in [0.2, 0.25) is 0 Å². The third-order valence-corrected chi connectivity index (χ3v) is 3.12. The van der Waals surface area contributed by atoms with E-state index in [9.17, 15) is 9.18 Å². The second kappa shape index (κ2) is 7.40. The molecule has 0 unspecified atom stereocenters. The molecule has 3 nitrogen and oxygen atoms in total. The number of carbonyl (C=O) groups is 1. The zero-order valence-corrected chi connectivity index (χ0v) is 11.0. The van der Waals surface area contributed by atoms with Crippen molar-refractivity contribution in [3.05, 3.63) is 34.1 Å². The lowest BCUT2D eigenvalue weighted by atomic mass is 10.2. The Morgan fingerprint density at radius 3 is 2.82 bits per heavy atom. The summed E-state index contributed by atoms with van der Waals surface area (Å²) >= 11 is 3.05. The molecule has 17 heavy (non-hydrogen) atoms. The van der Waals surface area contributed by atoms with Gasteiger partial charge in [-0.1, -0.05) is 6.07 Å². The standard InChI is InChI=1S/C12H15BrFNO2/c13-11-9(5-4-6-10(11)14)12(17)15-7-2-1-3-8-16/h4-6,16H,1-3,7-8H2,(H,15,17). The summed E-state index contributed by atoms with van der Waals surface area (Å²) in [6, 6.07) is 4.36. The Morgan fingerprint density at radius 1 is 1.35 bits per heavy atom. The van der Waals surface area contributed by atoms with E-state index in [4.69, 9.17) is 5.11 Å². The maximum Gasteiger partial charge on any atom is 0.252 e. The summed E-state index contributed by atoms with van der Waals surface area (Å²) in [6.07, 6.45) is 2.40. The molecule has 2 N–H and O–H groups in total. The van der Waals surface area contributed by atoms with Gasteiger partial charge in [-0.25, -0.2) is 4.39 Å². The Bertz CT molecular complexity index is 385. The van der Waals surface area contributed by atoms with Crippen molar-refractivity contribution in [3.63, 3.8) is 0 Å². The maximum absolute atomic E-state index is 13.2. The van der Waals surface area contributed by atoms with Gasteiger partial charge in [0, 0.05) is 13.2 Å². The van der Waals surface area contributed by atoms with Crippen LogP contribution in [0.25, 0.3) is 0 Å². The molecule has 0 bridgehead atoms. The predicted octanol–water partition coefficient (Wildman–Crippen LogP) is 2.48. The molecule has 0 heterocycles. The summed E-state index contributed by atoms with van der Waals surface area (Å²) in [6.45, 7) is 0.700. The summed E-state index contributed by atoms with van der Waals surface area (Å²) in [5, 5.41) is 11.3. The molecule has 1 amide bonds. The molecule has 0 aromatic heterocycles. The van der Waals surface area contributed by atoms with Crippen molar-refractivity contribution in [2.24, 2.45) is 0 Å². The summed E-state index contributed by atoms with van der Waals surface area (Å²) in [5.41, 5.74) is 0.298. The molecule has 0 saturated heterocycles. The number of aliphatic hydroxyl groups excluding tert-OH is 1. The van der Waals surface area contributed by atoms with E-state index >= 15 is 0 Å². The van der Waals surface area contributed by atoms with E-state index in [0.717, 1.165) is 19.3 Å².